The Bertz CT molecular complexity index is 1780. The number of ether oxygens (including phenoxy) is 1. The number of hydrogen-bond donors (Lipinski definition) is 1. The molecule has 0 saturated carbocycles. The van der Waals surface area contributed by atoms with Crippen LogP contribution in [-0.2, 0) is 14.1 Å². The van der Waals surface area contributed by atoms with E-state index in [4.69, 9.17) is 16.3 Å². The number of nitrogens with zero attached hydrogens (tertiary/aromatic N) is 3. The summed E-state index contributed by atoms with van der Waals surface area (Å²) in [6.45, 7) is 0. The van der Waals surface area contributed by atoms with Crippen LogP contribution in [-0.4, -0.2) is 20.8 Å². The molecule has 1 aliphatic heterocycles. The van der Waals surface area contributed by atoms with Crippen LogP contribution >= 0.6 is 11.6 Å². The second kappa shape index (κ2) is 8.17. The molecule has 0 spiro atoms. The topological polar surface area (TPSA) is 70.2 Å². The number of anilines is 1. The average Bonchev–Trinajstić information content (AvgIpc) is 3.27. The molecule has 8 heteroatoms. The Kier molecular flexibility index (Phi) is 5.05. The Balaban J connectivity index is 1.84. The molecule has 0 amide bonds. The Morgan fingerprint density at radius 2 is 1.67 bits per heavy atom. The summed E-state index contributed by atoms with van der Waals surface area (Å²) in [5.41, 5.74) is 4.94. The average molecular weight is 499 g/mol. The first-order chi connectivity index (χ1) is 17.4. The fourth-order valence-corrected chi connectivity index (χ4v) is 5.37. The van der Waals surface area contributed by atoms with Gasteiger partial charge in [0.15, 0.2) is 0 Å². The van der Waals surface area contributed by atoms with Gasteiger partial charge in [0.05, 0.1) is 46.8 Å². The molecule has 0 bridgehead atoms. The highest BCUT2D eigenvalue weighted by Gasteiger charge is 2.34. The van der Waals surface area contributed by atoms with E-state index in [-0.39, 0.29) is 17.3 Å². The van der Waals surface area contributed by atoms with Crippen molar-refractivity contribution in [2.45, 2.75) is 6.04 Å². The summed E-state index contributed by atoms with van der Waals surface area (Å²) in [6.07, 6.45) is 0. The molecule has 0 saturated heterocycles. The van der Waals surface area contributed by atoms with Crippen LogP contribution in [0.3, 0.4) is 0 Å². The van der Waals surface area contributed by atoms with Gasteiger partial charge in [-0.05, 0) is 59.7 Å². The fraction of sp³-hybridized carbons (Fsp3) is 0.143. The lowest BCUT2D eigenvalue weighted by molar-refractivity contribution is 0.415. The molecule has 0 aliphatic carbocycles. The zero-order valence-electron chi connectivity index (χ0n) is 19.9. The van der Waals surface area contributed by atoms with Gasteiger partial charge in [0, 0.05) is 19.1 Å². The summed E-state index contributed by atoms with van der Waals surface area (Å²) in [4.78, 5) is 26.8. The van der Waals surface area contributed by atoms with E-state index < -0.39 is 0 Å². The fourth-order valence-electron chi connectivity index (χ4n) is 5.18. The van der Waals surface area contributed by atoms with E-state index in [1.165, 1.54) is 7.05 Å². The molecule has 180 valence electrons. The van der Waals surface area contributed by atoms with Gasteiger partial charge in [-0.2, -0.15) is 0 Å². The molecule has 1 N–H and O–H groups in total. The van der Waals surface area contributed by atoms with Gasteiger partial charge in [-0.3, -0.25) is 13.9 Å². The maximum atomic E-state index is 13.7. The number of halogens is 1. The summed E-state index contributed by atoms with van der Waals surface area (Å²) in [7, 11) is 4.84. The Morgan fingerprint density at radius 3 is 2.39 bits per heavy atom. The number of hydrogen-bond acceptors (Lipinski definition) is 4. The van der Waals surface area contributed by atoms with Gasteiger partial charge in [-0.25, -0.2) is 4.79 Å². The van der Waals surface area contributed by atoms with Gasteiger partial charge < -0.3 is 14.6 Å². The van der Waals surface area contributed by atoms with Crippen molar-refractivity contribution in [3.63, 3.8) is 0 Å². The first kappa shape index (κ1) is 22.2. The second-order valence-corrected chi connectivity index (χ2v) is 9.31. The van der Waals surface area contributed by atoms with Gasteiger partial charge in [0.2, 0.25) is 0 Å². The van der Waals surface area contributed by atoms with Crippen molar-refractivity contribution in [2.24, 2.45) is 14.1 Å². The second-order valence-electron chi connectivity index (χ2n) is 8.88. The number of para-hydroxylation sites is 2. The van der Waals surface area contributed by atoms with Crippen molar-refractivity contribution < 1.29 is 4.74 Å². The van der Waals surface area contributed by atoms with Crippen LogP contribution in [0.25, 0.3) is 27.8 Å². The van der Waals surface area contributed by atoms with Crippen molar-refractivity contribution in [3.8, 4) is 22.7 Å². The predicted molar refractivity (Wildman–Crippen MR) is 143 cm³/mol. The monoisotopic (exact) mass is 498 g/mol. The molecule has 6 rings (SSSR count). The molecule has 7 nitrogen and oxygen atoms in total. The first-order valence-electron chi connectivity index (χ1n) is 11.5. The normalized spacial score (nSPS) is 14.3. The summed E-state index contributed by atoms with van der Waals surface area (Å²) in [5, 5.41) is 4.71. The summed E-state index contributed by atoms with van der Waals surface area (Å²) in [6, 6.07) is 22.8. The summed E-state index contributed by atoms with van der Waals surface area (Å²) >= 11 is 6.39. The largest absolute Gasteiger partial charge is 0.497 e. The van der Waals surface area contributed by atoms with Gasteiger partial charge in [0.1, 0.15) is 5.75 Å². The van der Waals surface area contributed by atoms with Gasteiger partial charge in [-0.15, -0.1) is 0 Å². The molecular weight excluding hydrogens is 476 g/mol. The lowest BCUT2D eigenvalue weighted by atomic mass is 9.99. The Labute approximate surface area is 211 Å². The van der Waals surface area contributed by atoms with E-state index >= 15 is 0 Å². The van der Waals surface area contributed by atoms with Crippen molar-refractivity contribution in [2.75, 3.05) is 12.4 Å². The molecular formula is C28H23ClN4O3. The molecule has 2 aromatic heterocycles. The number of aryl methyl sites for hydroxylation is 1. The minimum atomic E-state index is -0.383. The van der Waals surface area contributed by atoms with Crippen LogP contribution in [0.1, 0.15) is 17.3 Å². The van der Waals surface area contributed by atoms with Crippen molar-refractivity contribution in [1.29, 1.82) is 0 Å². The van der Waals surface area contributed by atoms with E-state index in [0.29, 0.717) is 21.7 Å². The van der Waals surface area contributed by atoms with Crippen LogP contribution in [0.2, 0.25) is 5.02 Å². The molecule has 36 heavy (non-hydrogen) atoms. The third-order valence-electron chi connectivity index (χ3n) is 6.87. The highest BCUT2D eigenvalue weighted by molar-refractivity contribution is 6.30. The van der Waals surface area contributed by atoms with Crippen LogP contribution in [0.15, 0.2) is 82.4 Å². The lowest BCUT2D eigenvalue weighted by Crippen LogP contribution is -2.37. The molecule has 1 atom stereocenters. The van der Waals surface area contributed by atoms with Crippen LogP contribution < -0.4 is 21.3 Å². The molecule has 5 aromatic rings. The van der Waals surface area contributed by atoms with E-state index in [9.17, 15) is 9.59 Å². The SMILES string of the molecule is COc1ccc(-c2c3c(=O)n(C)c(=O)n(C)c3c3n2-c2ccccc2N[C@@H]3c2cccc(Cl)c2)cc1. The minimum Gasteiger partial charge on any atom is -0.497 e. The quantitative estimate of drug-likeness (QED) is 0.385. The number of nitrogens with one attached hydrogen (secondary N) is 1. The third kappa shape index (κ3) is 3.13. The lowest BCUT2D eigenvalue weighted by Gasteiger charge is -2.31. The van der Waals surface area contributed by atoms with Gasteiger partial charge in [0.25, 0.3) is 5.56 Å². The number of aromatic nitrogens is 3. The highest BCUT2D eigenvalue weighted by atomic mass is 35.5. The van der Waals surface area contributed by atoms with Gasteiger partial charge in [-0.1, -0.05) is 35.9 Å². The first-order valence-corrected chi connectivity index (χ1v) is 11.9. The summed E-state index contributed by atoms with van der Waals surface area (Å²) in [5.74, 6) is 0.715. The number of fused-ring (bicyclic) bond motifs is 5. The highest BCUT2D eigenvalue weighted by Crippen LogP contribution is 2.45. The number of methoxy groups -OCH3 is 1. The molecule has 0 radical (unpaired) electrons. The van der Waals surface area contributed by atoms with Crippen molar-refractivity contribution in [3.05, 3.63) is 110 Å². The van der Waals surface area contributed by atoms with Crippen molar-refractivity contribution >= 4 is 28.2 Å². The molecule has 0 unspecified atom stereocenters. The molecule has 3 heterocycles. The number of rotatable bonds is 3. The van der Waals surface area contributed by atoms with Crippen LogP contribution in [0, 0.1) is 0 Å². The van der Waals surface area contributed by atoms with Crippen LogP contribution in [0.4, 0.5) is 5.69 Å². The van der Waals surface area contributed by atoms with E-state index in [1.807, 2.05) is 72.8 Å². The molecule has 3 aromatic carbocycles. The molecule has 0 fully saturated rings. The summed E-state index contributed by atoms with van der Waals surface area (Å²) < 4.78 is 10.2. The van der Waals surface area contributed by atoms with Gasteiger partial charge >= 0.3 is 5.69 Å². The Hall–Kier alpha value is -4.23. The predicted octanol–water partition coefficient (Wildman–Crippen LogP) is 4.87. The smallest absolute Gasteiger partial charge is 0.331 e. The zero-order valence-corrected chi connectivity index (χ0v) is 20.7. The van der Waals surface area contributed by atoms with E-state index in [2.05, 4.69) is 9.88 Å². The third-order valence-corrected chi connectivity index (χ3v) is 7.11. The van der Waals surface area contributed by atoms with E-state index in [0.717, 1.165) is 38.5 Å². The minimum absolute atomic E-state index is 0.344. The Morgan fingerprint density at radius 1 is 0.917 bits per heavy atom. The standard InChI is InChI=1S/C28H23ClN4O3/c1-31-25-22(27(34)32(2)28(31)35)24(16-11-13-19(36-3)14-12-16)33-21-10-5-4-9-20(21)30-23(26(25)33)17-7-6-8-18(29)15-17/h4-15,23,30H,1-3H3/t23-/m1/s1. The molecule has 1 aliphatic rings. The van der Waals surface area contributed by atoms with Crippen LogP contribution in [0.5, 0.6) is 5.75 Å². The van der Waals surface area contributed by atoms with Crippen molar-refractivity contribution in [1.82, 2.24) is 13.7 Å². The maximum absolute atomic E-state index is 13.7. The number of benzene rings is 3. The van der Waals surface area contributed by atoms with E-state index in [1.54, 1.807) is 18.7 Å². The maximum Gasteiger partial charge on any atom is 0.331 e. The zero-order chi connectivity index (χ0) is 25.1.